The van der Waals surface area contributed by atoms with Crippen LogP contribution in [-0.2, 0) is 12.7 Å². The molecule has 0 bridgehead atoms. The molecule has 0 unspecified atom stereocenters. The van der Waals surface area contributed by atoms with Crippen molar-refractivity contribution in [1.82, 2.24) is 19.7 Å². The molecule has 2 aromatic carbocycles. The number of amides is 1. The second kappa shape index (κ2) is 7.10. The quantitative estimate of drug-likeness (QED) is 0.664. The molecular weight excluding hydrogens is 369 g/mol. The van der Waals surface area contributed by atoms with E-state index in [-0.39, 0.29) is 18.5 Å². The van der Waals surface area contributed by atoms with Crippen LogP contribution in [0.3, 0.4) is 0 Å². The summed E-state index contributed by atoms with van der Waals surface area (Å²) < 4.78 is 39.8. The lowest BCUT2D eigenvalue weighted by Gasteiger charge is -2.23. The molecule has 0 N–H and O–H groups in total. The summed E-state index contributed by atoms with van der Waals surface area (Å²) in [7, 11) is 0. The Hall–Kier alpha value is -3.16. The highest BCUT2D eigenvalue weighted by atomic mass is 19.4. The van der Waals surface area contributed by atoms with E-state index in [1.165, 1.54) is 18.5 Å². The van der Waals surface area contributed by atoms with Gasteiger partial charge >= 0.3 is 6.18 Å². The molecule has 8 heteroatoms. The molecule has 0 spiro atoms. The number of nitrogens with zero attached hydrogens (tertiary/aromatic N) is 4. The second-order valence-electron chi connectivity index (χ2n) is 6.75. The minimum Gasteiger partial charge on any atom is -0.331 e. The fourth-order valence-electron chi connectivity index (χ4n) is 3.01. The van der Waals surface area contributed by atoms with E-state index in [0.29, 0.717) is 11.1 Å². The molecule has 4 rings (SSSR count). The molecule has 1 aliphatic carbocycles. The van der Waals surface area contributed by atoms with Crippen molar-refractivity contribution in [3.05, 3.63) is 77.9 Å². The number of hydrogen-bond acceptors (Lipinski definition) is 3. The van der Waals surface area contributed by atoms with Crippen molar-refractivity contribution in [1.29, 1.82) is 0 Å². The lowest BCUT2D eigenvalue weighted by atomic mass is 10.1. The van der Waals surface area contributed by atoms with E-state index in [9.17, 15) is 18.0 Å². The average Bonchev–Trinajstić information content (AvgIpc) is 3.38. The molecule has 1 saturated carbocycles. The first-order valence-corrected chi connectivity index (χ1v) is 8.84. The summed E-state index contributed by atoms with van der Waals surface area (Å²) in [4.78, 5) is 18.6. The highest BCUT2D eigenvalue weighted by molar-refractivity contribution is 5.94. The highest BCUT2D eigenvalue weighted by Crippen LogP contribution is 2.32. The average molecular weight is 386 g/mol. The Labute approximate surface area is 159 Å². The van der Waals surface area contributed by atoms with Gasteiger partial charge < -0.3 is 4.90 Å². The summed E-state index contributed by atoms with van der Waals surface area (Å²) in [5.41, 5.74) is 1.30. The summed E-state index contributed by atoms with van der Waals surface area (Å²) in [6.07, 6.45) is 0.444. The number of hydrogen-bond donors (Lipinski definition) is 0. The molecule has 3 aromatic rings. The second-order valence-corrected chi connectivity index (χ2v) is 6.75. The molecule has 28 heavy (non-hydrogen) atoms. The Morgan fingerprint density at radius 2 is 1.75 bits per heavy atom. The van der Waals surface area contributed by atoms with Crippen LogP contribution in [-0.4, -0.2) is 31.6 Å². The fourth-order valence-corrected chi connectivity index (χ4v) is 3.01. The Morgan fingerprint density at radius 3 is 2.29 bits per heavy atom. The zero-order valence-electron chi connectivity index (χ0n) is 14.8. The summed E-state index contributed by atoms with van der Waals surface area (Å²) in [5, 5.41) is 4.04. The van der Waals surface area contributed by atoms with Crippen molar-refractivity contribution in [2.75, 3.05) is 0 Å². The Kier molecular flexibility index (Phi) is 4.62. The third-order valence-corrected chi connectivity index (χ3v) is 4.68. The Bertz CT molecular complexity index is 947. The fraction of sp³-hybridized carbons (Fsp3) is 0.250. The molecule has 0 saturated heterocycles. The molecule has 1 aromatic heterocycles. The van der Waals surface area contributed by atoms with E-state index in [4.69, 9.17) is 0 Å². The number of rotatable bonds is 5. The van der Waals surface area contributed by atoms with Crippen LogP contribution in [0.2, 0.25) is 0 Å². The van der Waals surface area contributed by atoms with Crippen LogP contribution in [0.5, 0.6) is 0 Å². The molecule has 0 aliphatic heterocycles. The van der Waals surface area contributed by atoms with E-state index in [1.54, 1.807) is 40.2 Å². The van der Waals surface area contributed by atoms with E-state index < -0.39 is 11.7 Å². The number of carbonyl (C=O) groups excluding carboxylic acids is 1. The molecule has 1 heterocycles. The predicted octanol–water partition coefficient (Wildman–Crippen LogP) is 4.09. The Balaban J connectivity index is 1.51. The van der Waals surface area contributed by atoms with Crippen LogP contribution < -0.4 is 0 Å². The minimum absolute atomic E-state index is 0.129. The van der Waals surface area contributed by atoms with E-state index >= 15 is 0 Å². The summed E-state index contributed by atoms with van der Waals surface area (Å²) >= 11 is 0. The maximum atomic E-state index is 13.0. The van der Waals surface area contributed by atoms with Crippen molar-refractivity contribution >= 4 is 5.91 Å². The molecule has 1 amide bonds. The van der Waals surface area contributed by atoms with Gasteiger partial charge in [0.05, 0.1) is 11.3 Å². The minimum atomic E-state index is -4.36. The monoisotopic (exact) mass is 386 g/mol. The summed E-state index contributed by atoms with van der Waals surface area (Å²) in [5.74, 6) is -0.132. The van der Waals surface area contributed by atoms with Crippen molar-refractivity contribution in [2.24, 2.45) is 0 Å². The zero-order valence-corrected chi connectivity index (χ0v) is 14.8. The van der Waals surface area contributed by atoms with Crippen molar-refractivity contribution in [3.63, 3.8) is 0 Å². The Morgan fingerprint density at radius 1 is 1.07 bits per heavy atom. The van der Waals surface area contributed by atoms with Gasteiger partial charge in [-0.2, -0.15) is 18.3 Å². The van der Waals surface area contributed by atoms with Gasteiger partial charge in [0.1, 0.15) is 12.7 Å². The number of halogens is 3. The van der Waals surface area contributed by atoms with Crippen LogP contribution >= 0.6 is 0 Å². The molecule has 1 aliphatic rings. The van der Waals surface area contributed by atoms with Gasteiger partial charge in [-0.15, -0.1) is 0 Å². The van der Waals surface area contributed by atoms with Crippen LogP contribution in [0, 0.1) is 0 Å². The van der Waals surface area contributed by atoms with Crippen molar-refractivity contribution < 1.29 is 18.0 Å². The highest BCUT2D eigenvalue weighted by Gasteiger charge is 2.34. The molecule has 5 nitrogen and oxygen atoms in total. The maximum absolute atomic E-state index is 13.0. The first-order chi connectivity index (χ1) is 13.4. The number of carbonyl (C=O) groups is 1. The first kappa shape index (κ1) is 18.2. The van der Waals surface area contributed by atoms with Gasteiger partial charge in [0.15, 0.2) is 0 Å². The summed E-state index contributed by atoms with van der Waals surface area (Å²) in [6, 6.07) is 12.1. The van der Waals surface area contributed by atoms with Crippen molar-refractivity contribution in [2.45, 2.75) is 31.6 Å². The van der Waals surface area contributed by atoms with Gasteiger partial charge in [0.25, 0.3) is 5.91 Å². The predicted molar refractivity (Wildman–Crippen MR) is 95.7 cm³/mol. The summed E-state index contributed by atoms with van der Waals surface area (Å²) in [6.45, 7) is 0.284. The van der Waals surface area contributed by atoms with Gasteiger partial charge in [0.2, 0.25) is 0 Å². The van der Waals surface area contributed by atoms with Gasteiger partial charge in [0, 0.05) is 18.2 Å². The lowest BCUT2D eigenvalue weighted by molar-refractivity contribution is -0.137. The smallest absolute Gasteiger partial charge is 0.331 e. The number of alkyl halides is 3. The lowest BCUT2D eigenvalue weighted by Crippen LogP contribution is -2.32. The number of aromatic nitrogens is 3. The van der Waals surface area contributed by atoms with E-state index in [1.807, 2.05) is 0 Å². The molecule has 144 valence electrons. The molecule has 1 fully saturated rings. The van der Waals surface area contributed by atoms with Gasteiger partial charge in [-0.05, 0) is 54.8 Å². The zero-order chi connectivity index (χ0) is 19.7. The van der Waals surface area contributed by atoms with E-state index in [0.717, 1.165) is 30.7 Å². The standard InChI is InChI=1S/C20H17F3N4O/c21-20(22,23)16-5-1-14(2-6-16)11-26(17-9-10-17)19(28)15-3-7-18(8-4-15)27-13-24-12-25-27/h1-8,12-13,17H,9-11H2. The van der Waals surface area contributed by atoms with E-state index in [2.05, 4.69) is 10.1 Å². The van der Waals surface area contributed by atoms with Gasteiger partial charge in [-0.1, -0.05) is 12.1 Å². The maximum Gasteiger partial charge on any atom is 0.416 e. The third kappa shape index (κ3) is 3.90. The van der Waals surface area contributed by atoms with Gasteiger partial charge in [-0.3, -0.25) is 4.79 Å². The molecular formula is C20H17F3N4O. The van der Waals surface area contributed by atoms with Crippen molar-refractivity contribution in [3.8, 4) is 5.69 Å². The number of benzene rings is 2. The molecule has 0 atom stereocenters. The van der Waals surface area contributed by atoms with Crippen LogP contribution in [0.15, 0.2) is 61.2 Å². The normalized spacial score (nSPS) is 14.1. The third-order valence-electron chi connectivity index (χ3n) is 4.68. The first-order valence-electron chi connectivity index (χ1n) is 8.84. The topological polar surface area (TPSA) is 51.0 Å². The van der Waals surface area contributed by atoms with Crippen LogP contribution in [0.25, 0.3) is 5.69 Å². The van der Waals surface area contributed by atoms with Crippen LogP contribution in [0.1, 0.15) is 34.3 Å². The molecule has 0 radical (unpaired) electrons. The van der Waals surface area contributed by atoms with Crippen LogP contribution in [0.4, 0.5) is 13.2 Å². The van der Waals surface area contributed by atoms with Gasteiger partial charge in [-0.25, -0.2) is 9.67 Å². The largest absolute Gasteiger partial charge is 0.416 e. The SMILES string of the molecule is O=C(c1ccc(-n2cncn2)cc1)N(Cc1ccc(C(F)(F)F)cc1)C1CC1.